The van der Waals surface area contributed by atoms with Gasteiger partial charge in [0.05, 0.1) is 5.97 Å². The number of rotatable bonds is 8. The van der Waals surface area contributed by atoms with Gasteiger partial charge in [-0.05, 0) is 37.9 Å². The third-order valence-corrected chi connectivity index (χ3v) is 2.10. The molecule has 0 aliphatic heterocycles. The molecule has 0 heterocycles. The van der Waals surface area contributed by atoms with Crippen molar-refractivity contribution in [1.29, 1.82) is 0 Å². The summed E-state index contributed by atoms with van der Waals surface area (Å²) < 4.78 is 0. The van der Waals surface area contributed by atoms with E-state index >= 15 is 0 Å². The normalized spacial score (nSPS) is 10.5. The Hall–Kier alpha value is -0.830. The van der Waals surface area contributed by atoms with E-state index in [1.54, 1.807) is 0 Å². The summed E-state index contributed by atoms with van der Waals surface area (Å²) in [6.45, 7) is 10.5. The van der Waals surface area contributed by atoms with E-state index in [1.807, 2.05) is 0 Å². The molecule has 0 saturated heterocycles. The molecule has 0 amide bonds. The van der Waals surface area contributed by atoms with E-state index in [1.165, 1.54) is 0 Å². The highest BCUT2D eigenvalue weighted by Crippen LogP contribution is 2.01. The number of carboxylic acids is 1. The lowest BCUT2D eigenvalue weighted by Gasteiger charge is -2.21. The molecule has 0 rings (SSSR count). The molecule has 82 valence electrons. The number of nitrogens with zero attached hydrogens (tertiary/aromatic N) is 1. The minimum Gasteiger partial charge on any atom is -0.545 e. The van der Waals surface area contributed by atoms with Gasteiger partial charge in [0, 0.05) is 6.54 Å². The molecular weight excluding hydrogens is 178 g/mol. The van der Waals surface area contributed by atoms with Crippen molar-refractivity contribution in [3.63, 3.8) is 0 Å². The largest absolute Gasteiger partial charge is 0.545 e. The molecule has 0 N–H and O–H groups in total. The van der Waals surface area contributed by atoms with Crippen molar-refractivity contribution in [1.82, 2.24) is 4.90 Å². The fraction of sp³-hybridized carbons (Fsp3) is 0.727. The molecule has 0 radical (unpaired) electrons. The maximum absolute atomic E-state index is 10.4. The molecule has 0 spiro atoms. The second-order valence-electron chi connectivity index (χ2n) is 3.48. The predicted octanol–water partition coefficient (Wildman–Crippen LogP) is 0.805. The lowest BCUT2D eigenvalue weighted by Crippen LogP contribution is -2.30. The van der Waals surface area contributed by atoms with Gasteiger partial charge in [-0.1, -0.05) is 20.4 Å². The first-order valence-electron chi connectivity index (χ1n) is 5.23. The minimum atomic E-state index is -1.13. The smallest absolute Gasteiger partial charge is 0.0669 e. The Balaban J connectivity index is 3.80. The molecule has 0 aromatic heterocycles. The standard InChI is InChI=1S/C11H21NO2/c1-4-7-12(8-5-2)9-6-10(3)11(13)14/h3-9H2,1-2H3,(H,13,14)/p-1. The summed E-state index contributed by atoms with van der Waals surface area (Å²) >= 11 is 0. The monoisotopic (exact) mass is 198 g/mol. The summed E-state index contributed by atoms with van der Waals surface area (Å²) in [6.07, 6.45) is 2.69. The second-order valence-corrected chi connectivity index (χ2v) is 3.48. The molecule has 0 aromatic rings. The Labute approximate surface area is 86.4 Å². The minimum absolute atomic E-state index is 0.196. The highest BCUT2D eigenvalue weighted by molar-refractivity contribution is 5.83. The van der Waals surface area contributed by atoms with Crippen molar-refractivity contribution < 1.29 is 9.90 Å². The van der Waals surface area contributed by atoms with Crippen LogP contribution in [0.1, 0.15) is 33.1 Å². The van der Waals surface area contributed by atoms with Crippen LogP contribution in [-0.2, 0) is 4.79 Å². The SMILES string of the molecule is C=C(CCN(CCC)CCC)C(=O)[O-]. The fourth-order valence-corrected chi connectivity index (χ4v) is 1.36. The van der Waals surface area contributed by atoms with E-state index < -0.39 is 5.97 Å². The molecular formula is C11H20NO2-. The van der Waals surface area contributed by atoms with E-state index in [9.17, 15) is 9.90 Å². The Morgan fingerprint density at radius 1 is 1.21 bits per heavy atom. The topological polar surface area (TPSA) is 43.4 Å². The van der Waals surface area contributed by atoms with Crippen LogP contribution in [0, 0.1) is 0 Å². The Morgan fingerprint density at radius 3 is 2.07 bits per heavy atom. The van der Waals surface area contributed by atoms with Gasteiger partial charge in [0.25, 0.3) is 0 Å². The van der Waals surface area contributed by atoms with Crippen LogP contribution >= 0.6 is 0 Å². The molecule has 3 heteroatoms. The summed E-state index contributed by atoms with van der Waals surface area (Å²) in [5.41, 5.74) is 0.196. The molecule has 14 heavy (non-hydrogen) atoms. The van der Waals surface area contributed by atoms with Crippen LogP contribution in [0.5, 0.6) is 0 Å². The van der Waals surface area contributed by atoms with Gasteiger partial charge in [0.15, 0.2) is 0 Å². The zero-order valence-corrected chi connectivity index (χ0v) is 9.21. The molecule has 0 fully saturated rings. The summed E-state index contributed by atoms with van der Waals surface area (Å²) in [5.74, 6) is -1.13. The highest BCUT2D eigenvalue weighted by atomic mass is 16.4. The van der Waals surface area contributed by atoms with Crippen LogP contribution in [0.2, 0.25) is 0 Å². The van der Waals surface area contributed by atoms with Crippen LogP contribution in [0.15, 0.2) is 12.2 Å². The van der Waals surface area contributed by atoms with Crippen LogP contribution < -0.4 is 5.11 Å². The number of aliphatic carboxylic acids is 1. The van der Waals surface area contributed by atoms with Gasteiger partial charge in [-0.2, -0.15) is 0 Å². The average molecular weight is 198 g/mol. The summed E-state index contributed by atoms with van der Waals surface area (Å²) in [6, 6.07) is 0. The quantitative estimate of drug-likeness (QED) is 0.542. The maximum atomic E-state index is 10.4. The van der Waals surface area contributed by atoms with Crippen LogP contribution in [0.25, 0.3) is 0 Å². The third kappa shape index (κ3) is 5.75. The zero-order chi connectivity index (χ0) is 11.0. The number of hydrogen-bond donors (Lipinski definition) is 0. The first kappa shape index (κ1) is 13.2. The first-order chi connectivity index (χ1) is 6.61. The number of carbonyl (C=O) groups excluding carboxylic acids is 1. The predicted molar refractivity (Wildman–Crippen MR) is 55.8 cm³/mol. The van der Waals surface area contributed by atoms with Gasteiger partial charge in [-0.15, -0.1) is 0 Å². The lowest BCUT2D eigenvalue weighted by atomic mass is 10.2. The van der Waals surface area contributed by atoms with Crippen molar-refractivity contribution >= 4 is 5.97 Å². The van der Waals surface area contributed by atoms with Crippen LogP contribution in [-0.4, -0.2) is 30.5 Å². The Bertz CT molecular complexity index is 184. The van der Waals surface area contributed by atoms with Gasteiger partial charge in [0.2, 0.25) is 0 Å². The summed E-state index contributed by atoms with van der Waals surface area (Å²) in [5, 5.41) is 10.4. The molecule has 0 atom stereocenters. The van der Waals surface area contributed by atoms with E-state index in [2.05, 4.69) is 25.3 Å². The molecule has 0 saturated carbocycles. The highest BCUT2D eigenvalue weighted by Gasteiger charge is 2.03. The fourth-order valence-electron chi connectivity index (χ4n) is 1.36. The van der Waals surface area contributed by atoms with Crippen molar-refractivity contribution in [2.75, 3.05) is 19.6 Å². The lowest BCUT2D eigenvalue weighted by molar-refractivity contribution is -0.299. The Kier molecular flexibility index (Phi) is 7.11. The number of carbonyl (C=O) groups is 1. The molecule has 0 unspecified atom stereocenters. The van der Waals surface area contributed by atoms with Gasteiger partial charge >= 0.3 is 0 Å². The second kappa shape index (κ2) is 7.56. The van der Waals surface area contributed by atoms with Gasteiger partial charge in [-0.3, -0.25) is 0 Å². The zero-order valence-electron chi connectivity index (χ0n) is 9.21. The Morgan fingerprint density at radius 2 is 1.71 bits per heavy atom. The number of carboxylic acid groups (broad SMARTS) is 1. The van der Waals surface area contributed by atoms with Crippen LogP contribution in [0.4, 0.5) is 0 Å². The average Bonchev–Trinajstić information content (AvgIpc) is 2.14. The van der Waals surface area contributed by atoms with Gasteiger partial charge < -0.3 is 14.8 Å². The van der Waals surface area contributed by atoms with Crippen molar-refractivity contribution in [3.8, 4) is 0 Å². The molecule has 0 aliphatic rings. The van der Waals surface area contributed by atoms with E-state index in [4.69, 9.17) is 0 Å². The van der Waals surface area contributed by atoms with Crippen molar-refractivity contribution in [3.05, 3.63) is 12.2 Å². The summed E-state index contributed by atoms with van der Waals surface area (Å²) in [7, 11) is 0. The third-order valence-electron chi connectivity index (χ3n) is 2.10. The molecule has 3 nitrogen and oxygen atoms in total. The van der Waals surface area contributed by atoms with Crippen LogP contribution in [0.3, 0.4) is 0 Å². The van der Waals surface area contributed by atoms with E-state index in [0.29, 0.717) is 6.42 Å². The summed E-state index contributed by atoms with van der Waals surface area (Å²) in [4.78, 5) is 12.7. The number of hydrogen-bond acceptors (Lipinski definition) is 3. The van der Waals surface area contributed by atoms with E-state index in [-0.39, 0.29) is 5.57 Å². The van der Waals surface area contributed by atoms with Crippen molar-refractivity contribution in [2.24, 2.45) is 0 Å². The van der Waals surface area contributed by atoms with E-state index in [0.717, 1.165) is 32.5 Å². The van der Waals surface area contributed by atoms with Gasteiger partial charge in [0.1, 0.15) is 0 Å². The maximum Gasteiger partial charge on any atom is 0.0669 e. The molecule has 0 bridgehead atoms. The molecule has 0 aromatic carbocycles. The van der Waals surface area contributed by atoms with Gasteiger partial charge in [-0.25, -0.2) is 0 Å². The molecule has 0 aliphatic carbocycles. The first-order valence-corrected chi connectivity index (χ1v) is 5.23. The van der Waals surface area contributed by atoms with Crippen molar-refractivity contribution in [2.45, 2.75) is 33.1 Å².